The van der Waals surface area contributed by atoms with Crippen LogP contribution in [0.3, 0.4) is 0 Å². The summed E-state index contributed by atoms with van der Waals surface area (Å²) in [6, 6.07) is 3.33. The molecule has 1 aliphatic rings. The lowest BCUT2D eigenvalue weighted by molar-refractivity contribution is -0.0757. The lowest BCUT2D eigenvalue weighted by atomic mass is 10.2. The average molecular weight is 266 g/mol. The molecule has 0 aromatic carbocycles. The molecule has 1 aliphatic heterocycles. The maximum absolute atomic E-state index is 11.8. The van der Waals surface area contributed by atoms with Gasteiger partial charge in [0.15, 0.2) is 0 Å². The molecule has 1 aromatic rings. The summed E-state index contributed by atoms with van der Waals surface area (Å²) in [6.07, 6.45) is 3.73. The molecular weight excluding hydrogens is 248 g/mol. The van der Waals surface area contributed by atoms with Crippen LogP contribution in [0.2, 0.25) is 0 Å². The minimum Gasteiger partial charge on any atom is -0.475 e. The van der Waals surface area contributed by atoms with Gasteiger partial charge in [0.05, 0.1) is 18.8 Å². The van der Waals surface area contributed by atoms with Crippen molar-refractivity contribution in [2.45, 2.75) is 18.9 Å². The molecule has 1 atom stereocenters. The maximum atomic E-state index is 11.8. The number of hydroxylamine groups is 2. The SMILES string of the molecule is CON(C)C(=O)c1ccc(OC[C@H]2CCCO2)nc1. The first-order valence-corrected chi connectivity index (χ1v) is 6.23. The van der Waals surface area contributed by atoms with Gasteiger partial charge in [-0.05, 0) is 18.9 Å². The normalized spacial score (nSPS) is 18.3. The number of nitrogens with zero attached hydrogens (tertiary/aromatic N) is 2. The van der Waals surface area contributed by atoms with Gasteiger partial charge in [-0.2, -0.15) is 0 Å². The van der Waals surface area contributed by atoms with Crippen LogP contribution in [-0.2, 0) is 9.57 Å². The molecule has 0 aliphatic carbocycles. The van der Waals surface area contributed by atoms with Gasteiger partial charge >= 0.3 is 0 Å². The van der Waals surface area contributed by atoms with E-state index in [0.29, 0.717) is 18.1 Å². The molecule has 19 heavy (non-hydrogen) atoms. The summed E-state index contributed by atoms with van der Waals surface area (Å²) in [5.74, 6) is 0.243. The highest BCUT2D eigenvalue weighted by atomic mass is 16.7. The monoisotopic (exact) mass is 266 g/mol. The molecule has 0 saturated carbocycles. The molecule has 2 heterocycles. The highest BCUT2D eigenvalue weighted by Crippen LogP contribution is 2.14. The van der Waals surface area contributed by atoms with E-state index >= 15 is 0 Å². The minimum absolute atomic E-state index is 0.155. The summed E-state index contributed by atoms with van der Waals surface area (Å²) in [7, 11) is 2.98. The second kappa shape index (κ2) is 6.49. The third-order valence-electron chi connectivity index (χ3n) is 2.98. The number of aromatic nitrogens is 1. The second-order valence-corrected chi connectivity index (χ2v) is 4.32. The van der Waals surface area contributed by atoms with E-state index in [9.17, 15) is 4.79 Å². The summed E-state index contributed by atoms with van der Waals surface area (Å²) in [6.45, 7) is 1.30. The third-order valence-corrected chi connectivity index (χ3v) is 2.98. The highest BCUT2D eigenvalue weighted by molar-refractivity contribution is 5.93. The Labute approximate surface area is 112 Å². The predicted octanol–water partition coefficient (Wildman–Crippen LogP) is 1.27. The average Bonchev–Trinajstić information content (AvgIpc) is 2.97. The summed E-state index contributed by atoms with van der Waals surface area (Å²) in [5.41, 5.74) is 0.453. The van der Waals surface area contributed by atoms with Crippen LogP contribution in [0, 0.1) is 0 Å². The number of hydrogen-bond donors (Lipinski definition) is 0. The summed E-state index contributed by atoms with van der Waals surface area (Å²) < 4.78 is 11.0. The standard InChI is InChI=1S/C13H18N2O4/c1-15(17-2)13(16)10-5-6-12(14-8-10)19-9-11-4-3-7-18-11/h5-6,8,11H,3-4,7,9H2,1-2H3/t11-/m1/s1. The van der Waals surface area contributed by atoms with Crippen molar-refractivity contribution in [1.82, 2.24) is 10.0 Å². The van der Waals surface area contributed by atoms with Crippen LogP contribution in [0.5, 0.6) is 5.88 Å². The van der Waals surface area contributed by atoms with Crippen LogP contribution in [-0.4, -0.2) is 49.4 Å². The van der Waals surface area contributed by atoms with Crippen molar-refractivity contribution in [2.24, 2.45) is 0 Å². The van der Waals surface area contributed by atoms with Crippen LogP contribution in [0.4, 0.5) is 0 Å². The molecule has 104 valence electrons. The molecule has 1 saturated heterocycles. The number of carbonyl (C=O) groups is 1. The van der Waals surface area contributed by atoms with Gasteiger partial charge in [0, 0.05) is 25.9 Å². The fourth-order valence-corrected chi connectivity index (χ4v) is 1.81. The Morgan fingerprint density at radius 1 is 1.58 bits per heavy atom. The molecule has 0 spiro atoms. The second-order valence-electron chi connectivity index (χ2n) is 4.32. The number of carbonyl (C=O) groups excluding carboxylic acids is 1. The van der Waals surface area contributed by atoms with Gasteiger partial charge in [-0.1, -0.05) is 0 Å². The number of rotatable bonds is 5. The fraction of sp³-hybridized carbons (Fsp3) is 0.538. The van der Waals surface area contributed by atoms with E-state index in [0.717, 1.165) is 24.5 Å². The van der Waals surface area contributed by atoms with Crippen molar-refractivity contribution in [1.29, 1.82) is 0 Å². The van der Waals surface area contributed by atoms with E-state index in [-0.39, 0.29) is 12.0 Å². The summed E-state index contributed by atoms with van der Waals surface area (Å²) in [5, 5.41) is 1.14. The van der Waals surface area contributed by atoms with Gasteiger partial charge in [0.25, 0.3) is 5.91 Å². The lowest BCUT2D eigenvalue weighted by Gasteiger charge is -2.14. The topological polar surface area (TPSA) is 60.9 Å². The molecule has 6 heteroatoms. The van der Waals surface area contributed by atoms with Gasteiger partial charge in [-0.3, -0.25) is 9.63 Å². The first-order valence-electron chi connectivity index (χ1n) is 6.23. The number of ether oxygens (including phenoxy) is 2. The van der Waals surface area contributed by atoms with Crippen molar-refractivity contribution in [3.63, 3.8) is 0 Å². The molecule has 0 radical (unpaired) electrons. The Balaban J connectivity index is 1.88. The fourth-order valence-electron chi connectivity index (χ4n) is 1.81. The maximum Gasteiger partial charge on any atom is 0.278 e. The van der Waals surface area contributed by atoms with Gasteiger partial charge in [-0.25, -0.2) is 10.0 Å². The molecule has 1 fully saturated rings. The van der Waals surface area contributed by atoms with Gasteiger partial charge in [0.1, 0.15) is 6.61 Å². The minimum atomic E-state index is -0.249. The zero-order valence-corrected chi connectivity index (χ0v) is 11.2. The Kier molecular flexibility index (Phi) is 4.70. The molecule has 0 N–H and O–H groups in total. The predicted molar refractivity (Wildman–Crippen MR) is 67.8 cm³/mol. The van der Waals surface area contributed by atoms with Crippen molar-refractivity contribution in [3.05, 3.63) is 23.9 Å². The lowest BCUT2D eigenvalue weighted by Crippen LogP contribution is -2.25. The van der Waals surface area contributed by atoms with E-state index in [2.05, 4.69) is 4.98 Å². The van der Waals surface area contributed by atoms with Crippen LogP contribution in [0.1, 0.15) is 23.2 Å². The molecule has 0 unspecified atom stereocenters. The van der Waals surface area contributed by atoms with Crippen LogP contribution < -0.4 is 4.74 Å². The Morgan fingerprint density at radius 3 is 3.00 bits per heavy atom. The van der Waals surface area contributed by atoms with Gasteiger partial charge in [-0.15, -0.1) is 0 Å². The van der Waals surface area contributed by atoms with Crippen molar-refractivity contribution >= 4 is 5.91 Å². The van der Waals surface area contributed by atoms with Gasteiger partial charge < -0.3 is 9.47 Å². The first kappa shape index (κ1) is 13.8. The van der Waals surface area contributed by atoms with Crippen LogP contribution in [0.25, 0.3) is 0 Å². The summed E-state index contributed by atoms with van der Waals surface area (Å²) >= 11 is 0. The highest BCUT2D eigenvalue weighted by Gasteiger charge is 2.16. The molecule has 0 bridgehead atoms. The number of hydrogen-bond acceptors (Lipinski definition) is 5. The Morgan fingerprint density at radius 2 is 2.42 bits per heavy atom. The van der Waals surface area contributed by atoms with E-state index < -0.39 is 0 Å². The van der Waals surface area contributed by atoms with E-state index in [4.69, 9.17) is 14.3 Å². The number of amides is 1. The zero-order chi connectivity index (χ0) is 13.7. The van der Waals surface area contributed by atoms with Crippen LogP contribution in [0.15, 0.2) is 18.3 Å². The Bertz CT molecular complexity index is 415. The largest absolute Gasteiger partial charge is 0.475 e. The first-order chi connectivity index (χ1) is 9.20. The van der Waals surface area contributed by atoms with E-state index in [1.54, 1.807) is 19.2 Å². The third kappa shape index (κ3) is 3.65. The van der Waals surface area contributed by atoms with Gasteiger partial charge in [0.2, 0.25) is 5.88 Å². The smallest absolute Gasteiger partial charge is 0.278 e. The van der Waals surface area contributed by atoms with E-state index in [1.165, 1.54) is 13.3 Å². The molecule has 1 amide bonds. The molecule has 6 nitrogen and oxygen atoms in total. The Hall–Kier alpha value is -1.66. The molecule has 1 aromatic heterocycles. The van der Waals surface area contributed by atoms with Crippen LogP contribution >= 0.6 is 0 Å². The molecule has 2 rings (SSSR count). The van der Waals surface area contributed by atoms with Crippen molar-refractivity contribution < 1.29 is 19.1 Å². The number of pyridine rings is 1. The zero-order valence-electron chi connectivity index (χ0n) is 11.2. The van der Waals surface area contributed by atoms with Crippen molar-refractivity contribution in [3.8, 4) is 5.88 Å². The summed E-state index contributed by atoms with van der Waals surface area (Å²) in [4.78, 5) is 20.7. The molecular formula is C13H18N2O4. The van der Waals surface area contributed by atoms with E-state index in [1.807, 2.05) is 0 Å². The van der Waals surface area contributed by atoms with Crippen molar-refractivity contribution in [2.75, 3.05) is 27.4 Å². The quantitative estimate of drug-likeness (QED) is 0.751.